The normalized spacial score (nSPS) is 13.6. The monoisotopic (exact) mass is 323 g/mol. The minimum atomic E-state index is -1.83. The van der Waals surface area contributed by atoms with Crippen LogP contribution in [0.3, 0.4) is 0 Å². The molecule has 5 heteroatoms. The van der Waals surface area contributed by atoms with E-state index in [1.165, 1.54) is 0 Å². The van der Waals surface area contributed by atoms with E-state index in [1.807, 2.05) is 24.3 Å². The van der Waals surface area contributed by atoms with Crippen molar-refractivity contribution in [1.82, 2.24) is 0 Å². The van der Waals surface area contributed by atoms with Gasteiger partial charge < -0.3 is 14.9 Å². The highest BCUT2D eigenvalue weighted by molar-refractivity contribution is 6.74. The number of esters is 1. The molecule has 4 nitrogen and oxygen atoms in total. The number of benzene rings is 1. The van der Waals surface area contributed by atoms with E-state index in [0.29, 0.717) is 6.61 Å². The molecule has 0 spiro atoms. The maximum Gasteiger partial charge on any atom is 0.307 e. The average molecular weight is 324 g/mol. The first-order chi connectivity index (χ1) is 10.1. The highest BCUT2D eigenvalue weighted by atomic mass is 28.4. The summed E-state index contributed by atoms with van der Waals surface area (Å²) >= 11 is 0. The molecule has 0 aliphatic carbocycles. The molecule has 124 valence electrons. The van der Waals surface area contributed by atoms with E-state index in [0.717, 1.165) is 11.3 Å². The summed E-state index contributed by atoms with van der Waals surface area (Å²) in [5.41, 5.74) is 6.95. The average Bonchev–Trinajstić information content (AvgIpc) is 2.37. The third kappa shape index (κ3) is 5.14. The zero-order valence-corrected chi connectivity index (χ0v) is 15.6. The van der Waals surface area contributed by atoms with Crippen LogP contribution in [0.15, 0.2) is 24.3 Å². The maximum atomic E-state index is 11.5. The third-order valence-corrected chi connectivity index (χ3v) is 8.54. The summed E-state index contributed by atoms with van der Waals surface area (Å²) in [5.74, 6) is 0.593. The van der Waals surface area contributed by atoms with Crippen LogP contribution < -0.4 is 10.2 Å². The first-order valence-electron chi connectivity index (χ1n) is 7.77. The fourth-order valence-electron chi connectivity index (χ4n) is 1.75. The van der Waals surface area contributed by atoms with Crippen LogP contribution in [0.4, 0.5) is 0 Å². The Bertz CT molecular complexity index is 492. The van der Waals surface area contributed by atoms with Crippen molar-refractivity contribution in [3.63, 3.8) is 0 Å². The lowest BCUT2D eigenvalue weighted by Crippen LogP contribution is -2.43. The lowest BCUT2D eigenvalue weighted by atomic mass is 10.0. The molecule has 1 atom stereocenters. The topological polar surface area (TPSA) is 61.5 Å². The Balaban J connectivity index is 2.73. The largest absolute Gasteiger partial charge is 0.544 e. The smallest absolute Gasteiger partial charge is 0.307 e. The maximum absolute atomic E-state index is 11.5. The van der Waals surface area contributed by atoms with Gasteiger partial charge in [0.1, 0.15) is 5.75 Å². The van der Waals surface area contributed by atoms with E-state index in [2.05, 4.69) is 33.9 Å². The molecule has 0 heterocycles. The molecule has 0 unspecified atom stereocenters. The van der Waals surface area contributed by atoms with Crippen molar-refractivity contribution >= 4 is 14.3 Å². The minimum absolute atomic E-state index is 0.159. The summed E-state index contributed by atoms with van der Waals surface area (Å²) in [6.45, 7) is 13.2. The lowest BCUT2D eigenvalue weighted by Gasteiger charge is -2.36. The second-order valence-electron chi connectivity index (χ2n) is 7.05. The van der Waals surface area contributed by atoms with Gasteiger partial charge in [0.05, 0.1) is 13.0 Å². The van der Waals surface area contributed by atoms with Crippen LogP contribution in [0, 0.1) is 0 Å². The Labute approximate surface area is 135 Å². The van der Waals surface area contributed by atoms with Gasteiger partial charge in [0.25, 0.3) is 0 Å². The van der Waals surface area contributed by atoms with Gasteiger partial charge in [0.15, 0.2) is 0 Å². The fourth-order valence-corrected chi connectivity index (χ4v) is 2.78. The molecule has 0 aliphatic heterocycles. The van der Waals surface area contributed by atoms with Gasteiger partial charge in [-0.25, -0.2) is 0 Å². The molecular weight excluding hydrogens is 294 g/mol. The standard InChI is InChI=1S/C17H29NO3Si/c1-7-20-16(19)12-15(18)13-8-10-14(11-9-13)21-22(5,6)17(2,3)4/h8-11,15H,7,12,18H2,1-6H3/t15-/m1/s1. The molecule has 0 bridgehead atoms. The molecule has 0 fully saturated rings. The predicted molar refractivity (Wildman–Crippen MR) is 92.4 cm³/mol. The van der Waals surface area contributed by atoms with Gasteiger partial charge in [-0.15, -0.1) is 0 Å². The lowest BCUT2D eigenvalue weighted by molar-refractivity contribution is -0.143. The summed E-state index contributed by atoms with van der Waals surface area (Å²) in [6.07, 6.45) is 0.191. The Morgan fingerprint density at radius 2 is 1.77 bits per heavy atom. The second-order valence-corrected chi connectivity index (χ2v) is 11.8. The van der Waals surface area contributed by atoms with Gasteiger partial charge in [-0.2, -0.15) is 0 Å². The fraction of sp³-hybridized carbons (Fsp3) is 0.588. The molecule has 0 radical (unpaired) electrons. The van der Waals surface area contributed by atoms with Crippen molar-refractivity contribution in [3.8, 4) is 5.75 Å². The van der Waals surface area contributed by atoms with Crippen molar-refractivity contribution in [3.05, 3.63) is 29.8 Å². The van der Waals surface area contributed by atoms with Gasteiger partial charge in [0.2, 0.25) is 8.32 Å². The number of ether oxygens (including phenoxy) is 1. The van der Waals surface area contributed by atoms with Crippen molar-refractivity contribution in [1.29, 1.82) is 0 Å². The van der Waals surface area contributed by atoms with E-state index in [9.17, 15) is 4.79 Å². The van der Waals surface area contributed by atoms with Crippen LogP contribution in [0.5, 0.6) is 5.75 Å². The molecule has 22 heavy (non-hydrogen) atoms. The number of nitrogens with two attached hydrogens (primary N) is 1. The molecule has 1 aromatic carbocycles. The SMILES string of the molecule is CCOC(=O)C[C@@H](N)c1ccc(O[Si](C)(C)C(C)(C)C)cc1. The highest BCUT2D eigenvalue weighted by Gasteiger charge is 2.38. The summed E-state index contributed by atoms with van der Waals surface area (Å²) in [6, 6.07) is 7.36. The predicted octanol–water partition coefficient (Wildman–Crippen LogP) is 4.02. The summed E-state index contributed by atoms with van der Waals surface area (Å²) in [4.78, 5) is 11.5. The van der Waals surface area contributed by atoms with E-state index >= 15 is 0 Å². The third-order valence-electron chi connectivity index (χ3n) is 4.18. The minimum Gasteiger partial charge on any atom is -0.544 e. The van der Waals surface area contributed by atoms with Crippen molar-refractivity contribution in [2.45, 2.75) is 58.3 Å². The molecule has 0 aromatic heterocycles. The summed E-state index contributed by atoms with van der Waals surface area (Å²) in [5, 5.41) is 0.159. The number of hydrogen-bond donors (Lipinski definition) is 1. The van der Waals surface area contributed by atoms with Crippen LogP contribution in [0.1, 0.15) is 45.7 Å². The first-order valence-corrected chi connectivity index (χ1v) is 10.7. The van der Waals surface area contributed by atoms with Gasteiger partial charge in [-0.1, -0.05) is 32.9 Å². The number of carbonyl (C=O) groups excluding carboxylic acids is 1. The number of hydrogen-bond acceptors (Lipinski definition) is 4. The van der Waals surface area contributed by atoms with Gasteiger partial charge in [-0.3, -0.25) is 4.79 Å². The Morgan fingerprint density at radius 3 is 2.23 bits per heavy atom. The number of rotatable bonds is 6. The van der Waals surface area contributed by atoms with E-state index in [-0.39, 0.29) is 23.5 Å². The van der Waals surface area contributed by atoms with Gasteiger partial charge in [-0.05, 0) is 42.8 Å². The van der Waals surface area contributed by atoms with E-state index in [1.54, 1.807) is 6.92 Å². The zero-order valence-electron chi connectivity index (χ0n) is 14.6. The molecule has 2 N–H and O–H groups in total. The van der Waals surface area contributed by atoms with Crippen LogP contribution in [-0.2, 0) is 9.53 Å². The van der Waals surface area contributed by atoms with Crippen LogP contribution >= 0.6 is 0 Å². The Kier molecular flexibility index (Phi) is 6.20. The van der Waals surface area contributed by atoms with Crippen LogP contribution in [0.2, 0.25) is 18.1 Å². The summed E-state index contributed by atoms with van der Waals surface area (Å²) < 4.78 is 11.2. The first kappa shape index (κ1) is 18.7. The molecule has 0 saturated heterocycles. The number of carbonyl (C=O) groups is 1. The highest BCUT2D eigenvalue weighted by Crippen LogP contribution is 2.37. The second kappa shape index (κ2) is 7.29. The molecular formula is C17H29NO3Si. The van der Waals surface area contributed by atoms with E-state index < -0.39 is 8.32 Å². The molecule has 0 saturated carbocycles. The Morgan fingerprint density at radius 1 is 1.23 bits per heavy atom. The molecule has 1 aromatic rings. The van der Waals surface area contributed by atoms with Gasteiger partial charge in [0, 0.05) is 6.04 Å². The van der Waals surface area contributed by atoms with Crippen molar-refractivity contribution in [2.75, 3.05) is 6.61 Å². The zero-order chi connectivity index (χ0) is 17.0. The molecule has 1 rings (SSSR count). The van der Waals surface area contributed by atoms with Gasteiger partial charge >= 0.3 is 5.97 Å². The van der Waals surface area contributed by atoms with Crippen molar-refractivity contribution in [2.24, 2.45) is 5.73 Å². The molecule has 0 amide bonds. The van der Waals surface area contributed by atoms with Crippen LogP contribution in [-0.4, -0.2) is 20.9 Å². The summed E-state index contributed by atoms with van der Waals surface area (Å²) in [7, 11) is -1.83. The Hall–Kier alpha value is -1.33. The molecule has 0 aliphatic rings. The quantitative estimate of drug-likeness (QED) is 0.634. The van der Waals surface area contributed by atoms with Crippen molar-refractivity contribution < 1.29 is 14.0 Å². The van der Waals surface area contributed by atoms with E-state index in [4.69, 9.17) is 14.9 Å². The van der Waals surface area contributed by atoms with Crippen LogP contribution in [0.25, 0.3) is 0 Å².